The summed E-state index contributed by atoms with van der Waals surface area (Å²) in [4.78, 5) is 11.9. The number of thioether (sulfide) groups is 1. The zero-order valence-electron chi connectivity index (χ0n) is 10.2. The van der Waals surface area contributed by atoms with Crippen LogP contribution in [-0.4, -0.2) is 21.9 Å². The standard InChI is InChI=1S/C12H17N3OS2/c16-10(9-3-1-2-4-9)13-11-14-15-12(18-11)17-7-8-5-6-8/h8-9H,1-7H2,(H,13,14,16). The zero-order chi connectivity index (χ0) is 12.4. The highest BCUT2D eigenvalue weighted by atomic mass is 32.2. The average molecular weight is 283 g/mol. The van der Waals surface area contributed by atoms with Gasteiger partial charge >= 0.3 is 0 Å². The number of nitrogens with one attached hydrogen (secondary N) is 1. The van der Waals surface area contributed by atoms with Gasteiger partial charge in [0.25, 0.3) is 0 Å². The van der Waals surface area contributed by atoms with Gasteiger partial charge in [-0.3, -0.25) is 4.79 Å². The molecule has 0 unspecified atom stereocenters. The third-order valence-corrected chi connectivity index (χ3v) is 5.71. The Morgan fingerprint density at radius 3 is 2.78 bits per heavy atom. The van der Waals surface area contributed by atoms with Crippen LogP contribution in [0.25, 0.3) is 0 Å². The van der Waals surface area contributed by atoms with E-state index in [9.17, 15) is 4.79 Å². The second kappa shape index (κ2) is 5.57. The minimum absolute atomic E-state index is 0.127. The highest BCUT2D eigenvalue weighted by Crippen LogP contribution is 2.36. The van der Waals surface area contributed by atoms with E-state index >= 15 is 0 Å². The summed E-state index contributed by atoms with van der Waals surface area (Å²) < 4.78 is 0.976. The fourth-order valence-corrected chi connectivity index (χ4v) is 4.15. The van der Waals surface area contributed by atoms with Crippen LogP contribution < -0.4 is 5.32 Å². The Labute approximate surface area is 115 Å². The topological polar surface area (TPSA) is 54.9 Å². The van der Waals surface area contributed by atoms with Gasteiger partial charge in [-0.25, -0.2) is 0 Å². The lowest BCUT2D eigenvalue weighted by molar-refractivity contribution is -0.119. The van der Waals surface area contributed by atoms with Crippen molar-refractivity contribution in [3.8, 4) is 0 Å². The van der Waals surface area contributed by atoms with Crippen LogP contribution >= 0.6 is 23.1 Å². The maximum Gasteiger partial charge on any atom is 0.229 e. The van der Waals surface area contributed by atoms with Gasteiger partial charge in [0, 0.05) is 11.7 Å². The van der Waals surface area contributed by atoms with E-state index in [1.165, 1.54) is 37.0 Å². The largest absolute Gasteiger partial charge is 0.300 e. The first-order valence-corrected chi connectivity index (χ1v) is 8.38. The van der Waals surface area contributed by atoms with Crippen LogP contribution in [0.2, 0.25) is 0 Å². The molecular weight excluding hydrogens is 266 g/mol. The molecule has 0 radical (unpaired) electrons. The smallest absolute Gasteiger partial charge is 0.229 e. The van der Waals surface area contributed by atoms with E-state index in [0.717, 1.165) is 28.9 Å². The van der Waals surface area contributed by atoms with Gasteiger partial charge in [-0.05, 0) is 31.6 Å². The molecule has 1 heterocycles. The molecule has 1 aromatic rings. The molecule has 0 saturated heterocycles. The summed E-state index contributed by atoms with van der Waals surface area (Å²) in [7, 11) is 0. The predicted octanol–water partition coefficient (Wildman–Crippen LogP) is 3.17. The Balaban J connectivity index is 1.50. The second-order valence-electron chi connectivity index (χ2n) is 5.10. The van der Waals surface area contributed by atoms with E-state index in [-0.39, 0.29) is 11.8 Å². The molecule has 1 amide bonds. The number of carbonyl (C=O) groups is 1. The second-order valence-corrected chi connectivity index (χ2v) is 7.34. The third kappa shape index (κ3) is 3.23. The van der Waals surface area contributed by atoms with Crippen LogP contribution in [0.3, 0.4) is 0 Å². The molecule has 2 fully saturated rings. The SMILES string of the molecule is O=C(Nc1nnc(SCC2CC2)s1)C1CCCC1. The molecular formula is C12H17N3OS2. The van der Waals surface area contributed by atoms with Gasteiger partial charge in [0.2, 0.25) is 11.0 Å². The minimum atomic E-state index is 0.127. The summed E-state index contributed by atoms with van der Waals surface area (Å²) >= 11 is 3.26. The number of hydrogen-bond acceptors (Lipinski definition) is 5. The average Bonchev–Trinajstić information content (AvgIpc) is 2.88. The highest BCUT2D eigenvalue weighted by Gasteiger charge is 2.24. The number of carbonyl (C=O) groups excluding carboxylic acids is 1. The Hall–Kier alpha value is -0.620. The van der Waals surface area contributed by atoms with Crippen molar-refractivity contribution in [2.24, 2.45) is 11.8 Å². The Morgan fingerprint density at radius 1 is 1.28 bits per heavy atom. The zero-order valence-corrected chi connectivity index (χ0v) is 11.9. The van der Waals surface area contributed by atoms with Crippen LogP contribution in [0.1, 0.15) is 38.5 Å². The third-order valence-electron chi connectivity index (χ3n) is 3.50. The lowest BCUT2D eigenvalue weighted by Crippen LogP contribution is -2.20. The first-order chi connectivity index (χ1) is 8.81. The van der Waals surface area contributed by atoms with Crippen molar-refractivity contribution in [3.63, 3.8) is 0 Å². The van der Waals surface area contributed by atoms with E-state index < -0.39 is 0 Å². The molecule has 0 aromatic carbocycles. The predicted molar refractivity (Wildman–Crippen MR) is 73.9 cm³/mol. The van der Waals surface area contributed by atoms with Crippen LogP contribution in [-0.2, 0) is 4.79 Å². The van der Waals surface area contributed by atoms with Crippen molar-refractivity contribution >= 4 is 34.1 Å². The molecule has 0 atom stereocenters. The number of aromatic nitrogens is 2. The summed E-state index contributed by atoms with van der Waals surface area (Å²) in [5, 5.41) is 11.7. The molecule has 98 valence electrons. The molecule has 2 aliphatic carbocycles. The van der Waals surface area contributed by atoms with Crippen molar-refractivity contribution in [1.82, 2.24) is 10.2 Å². The van der Waals surface area contributed by atoms with Crippen molar-refractivity contribution in [1.29, 1.82) is 0 Å². The first-order valence-electron chi connectivity index (χ1n) is 6.58. The maximum atomic E-state index is 11.9. The van der Waals surface area contributed by atoms with Gasteiger partial charge in [0.1, 0.15) is 0 Å². The molecule has 2 saturated carbocycles. The van der Waals surface area contributed by atoms with Crippen LogP contribution in [0.5, 0.6) is 0 Å². The lowest BCUT2D eigenvalue weighted by Gasteiger charge is -2.06. The van der Waals surface area contributed by atoms with Crippen LogP contribution in [0.4, 0.5) is 5.13 Å². The quantitative estimate of drug-likeness (QED) is 0.666. The summed E-state index contributed by atoms with van der Waals surface area (Å²) in [6, 6.07) is 0. The molecule has 6 heteroatoms. The van der Waals surface area contributed by atoms with E-state index in [0.29, 0.717) is 5.13 Å². The number of hydrogen-bond donors (Lipinski definition) is 1. The van der Waals surface area contributed by atoms with E-state index in [2.05, 4.69) is 15.5 Å². The number of amides is 1. The molecule has 1 aromatic heterocycles. The van der Waals surface area contributed by atoms with Gasteiger partial charge < -0.3 is 5.32 Å². The Bertz CT molecular complexity index is 425. The summed E-state index contributed by atoms with van der Waals surface area (Å²) in [6.07, 6.45) is 7.11. The molecule has 2 aliphatic rings. The van der Waals surface area contributed by atoms with Gasteiger partial charge in [-0.15, -0.1) is 10.2 Å². The minimum Gasteiger partial charge on any atom is -0.300 e. The fourth-order valence-electron chi connectivity index (χ4n) is 2.19. The molecule has 0 spiro atoms. The monoisotopic (exact) mass is 283 g/mol. The van der Waals surface area contributed by atoms with E-state index in [1.807, 2.05) is 0 Å². The summed E-state index contributed by atoms with van der Waals surface area (Å²) in [5.74, 6) is 2.35. The Kier molecular flexibility index (Phi) is 3.84. The van der Waals surface area contributed by atoms with Gasteiger partial charge in [0.05, 0.1) is 0 Å². The van der Waals surface area contributed by atoms with Crippen LogP contribution in [0.15, 0.2) is 4.34 Å². The van der Waals surface area contributed by atoms with E-state index in [4.69, 9.17) is 0 Å². The number of nitrogens with zero attached hydrogens (tertiary/aromatic N) is 2. The molecule has 4 nitrogen and oxygen atoms in total. The number of anilines is 1. The lowest BCUT2D eigenvalue weighted by atomic mass is 10.1. The fraction of sp³-hybridized carbons (Fsp3) is 0.750. The summed E-state index contributed by atoms with van der Waals surface area (Å²) in [5.41, 5.74) is 0. The van der Waals surface area contributed by atoms with Crippen LogP contribution in [0, 0.1) is 11.8 Å². The Morgan fingerprint density at radius 2 is 2.06 bits per heavy atom. The van der Waals surface area contributed by atoms with Gasteiger partial charge in [-0.1, -0.05) is 35.9 Å². The van der Waals surface area contributed by atoms with Crippen molar-refractivity contribution in [2.45, 2.75) is 42.9 Å². The molecule has 1 N–H and O–H groups in total. The van der Waals surface area contributed by atoms with E-state index in [1.54, 1.807) is 11.8 Å². The van der Waals surface area contributed by atoms with Crippen molar-refractivity contribution in [2.75, 3.05) is 11.1 Å². The van der Waals surface area contributed by atoms with Crippen molar-refractivity contribution < 1.29 is 4.79 Å². The molecule has 0 bridgehead atoms. The van der Waals surface area contributed by atoms with Gasteiger partial charge in [-0.2, -0.15) is 0 Å². The summed E-state index contributed by atoms with van der Waals surface area (Å²) in [6.45, 7) is 0. The first kappa shape index (κ1) is 12.4. The maximum absolute atomic E-state index is 11.9. The molecule has 3 rings (SSSR count). The normalized spacial score (nSPS) is 20.2. The highest BCUT2D eigenvalue weighted by molar-refractivity contribution is 8.01. The van der Waals surface area contributed by atoms with Crippen molar-refractivity contribution in [3.05, 3.63) is 0 Å². The van der Waals surface area contributed by atoms with Gasteiger partial charge in [0.15, 0.2) is 4.34 Å². The number of rotatable bonds is 5. The molecule has 18 heavy (non-hydrogen) atoms. The molecule has 0 aliphatic heterocycles.